The van der Waals surface area contributed by atoms with Crippen LogP contribution in [0.4, 0.5) is 4.39 Å². The molecule has 1 amide bonds. The third-order valence-electron chi connectivity index (χ3n) is 5.05. The molecular weight excluding hydrogens is 417 g/mol. The molecule has 1 fully saturated rings. The number of aliphatic hydroxyl groups is 1. The van der Waals surface area contributed by atoms with Gasteiger partial charge in [-0.2, -0.15) is 0 Å². The summed E-state index contributed by atoms with van der Waals surface area (Å²) >= 11 is 1.47. The number of rotatable bonds is 6. The Balaban J connectivity index is 1.84. The van der Waals surface area contributed by atoms with Crippen LogP contribution in [0.2, 0.25) is 0 Å². The maximum atomic E-state index is 13.5. The number of amides is 1. The number of carbonyl (C=O) groups excluding carboxylic acids is 2. The van der Waals surface area contributed by atoms with Crippen LogP contribution >= 0.6 is 11.3 Å². The second-order valence-corrected chi connectivity index (χ2v) is 8.05. The van der Waals surface area contributed by atoms with Crippen LogP contribution in [0.3, 0.4) is 0 Å². The monoisotopic (exact) mass is 437 g/mol. The SMILES string of the molecule is CCOc1cccc(/C(O)=C2/C(=O)C(=O)N(Cc3cccs3)C2c2ccc(F)cc2)c1. The van der Waals surface area contributed by atoms with Crippen LogP contribution in [0, 0.1) is 5.82 Å². The summed E-state index contributed by atoms with van der Waals surface area (Å²) in [6.45, 7) is 2.50. The van der Waals surface area contributed by atoms with Gasteiger partial charge in [-0.15, -0.1) is 11.3 Å². The van der Waals surface area contributed by atoms with Crippen molar-refractivity contribution in [2.75, 3.05) is 6.61 Å². The van der Waals surface area contributed by atoms with Crippen molar-refractivity contribution in [3.63, 3.8) is 0 Å². The maximum Gasteiger partial charge on any atom is 0.295 e. The first-order valence-corrected chi connectivity index (χ1v) is 10.7. The van der Waals surface area contributed by atoms with E-state index < -0.39 is 23.5 Å². The van der Waals surface area contributed by atoms with E-state index in [0.29, 0.717) is 23.5 Å². The van der Waals surface area contributed by atoms with Crippen molar-refractivity contribution >= 4 is 28.8 Å². The van der Waals surface area contributed by atoms with E-state index in [0.717, 1.165) is 4.88 Å². The van der Waals surface area contributed by atoms with Gasteiger partial charge in [0.2, 0.25) is 0 Å². The van der Waals surface area contributed by atoms with Crippen molar-refractivity contribution in [1.82, 2.24) is 4.90 Å². The van der Waals surface area contributed by atoms with Crippen LogP contribution in [-0.4, -0.2) is 28.3 Å². The highest BCUT2D eigenvalue weighted by molar-refractivity contribution is 7.09. The van der Waals surface area contributed by atoms with E-state index in [1.165, 1.54) is 40.5 Å². The molecule has 1 aliphatic rings. The van der Waals surface area contributed by atoms with Crippen LogP contribution in [0.15, 0.2) is 71.6 Å². The van der Waals surface area contributed by atoms with Crippen molar-refractivity contribution in [2.24, 2.45) is 0 Å². The van der Waals surface area contributed by atoms with Gasteiger partial charge >= 0.3 is 0 Å². The van der Waals surface area contributed by atoms with Crippen molar-refractivity contribution < 1.29 is 23.8 Å². The molecule has 2 heterocycles. The third-order valence-corrected chi connectivity index (χ3v) is 5.91. The quantitative estimate of drug-likeness (QED) is 0.338. The fourth-order valence-electron chi connectivity index (χ4n) is 3.66. The minimum atomic E-state index is -0.835. The van der Waals surface area contributed by atoms with Gasteiger partial charge in [-0.1, -0.05) is 30.3 Å². The molecule has 1 aromatic heterocycles. The highest BCUT2D eigenvalue weighted by atomic mass is 32.1. The fraction of sp³-hybridized carbons (Fsp3) is 0.167. The zero-order chi connectivity index (χ0) is 22.0. The van der Waals surface area contributed by atoms with Crippen molar-refractivity contribution in [3.8, 4) is 5.75 Å². The molecule has 3 aromatic rings. The number of benzene rings is 2. The van der Waals surface area contributed by atoms with Gasteiger partial charge in [0, 0.05) is 10.4 Å². The molecule has 2 aromatic carbocycles. The van der Waals surface area contributed by atoms with Gasteiger partial charge < -0.3 is 14.7 Å². The second kappa shape index (κ2) is 8.73. The van der Waals surface area contributed by atoms with Crippen molar-refractivity contribution in [3.05, 3.63) is 93.4 Å². The van der Waals surface area contributed by atoms with E-state index in [1.807, 2.05) is 24.4 Å². The van der Waals surface area contributed by atoms with Crippen molar-refractivity contribution in [2.45, 2.75) is 19.5 Å². The topological polar surface area (TPSA) is 66.8 Å². The Morgan fingerprint density at radius 3 is 2.58 bits per heavy atom. The van der Waals surface area contributed by atoms with Crippen LogP contribution in [0.5, 0.6) is 5.75 Å². The molecule has 1 N–H and O–H groups in total. The van der Waals surface area contributed by atoms with E-state index in [9.17, 15) is 19.1 Å². The van der Waals surface area contributed by atoms with Gasteiger partial charge in [0.15, 0.2) is 0 Å². The van der Waals surface area contributed by atoms with E-state index >= 15 is 0 Å². The molecule has 1 saturated heterocycles. The van der Waals surface area contributed by atoms with Gasteiger partial charge in [0.25, 0.3) is 11.7 Å². The molecule has 5 nitrogen and oxygen atoms in total. The molecule has 0 bridgehead atoms. The predicted octanol–water partition coefficient (Wildman–Crippen LogP) is 4.91. The Bertz CT molecular complexity index is 1140. The van der Waals surface area contributed by atoms with Gasteiger partial charge in [-0.25, -0.2) is 4.39 Å². The minimum Gasteiger partial charge on any atom is -0.507 e. The van der Waals surface area contributed by atoms with Gasteiger partial charge in [-0.3, -0.25) is 9.59 Å². The summed E-state index contributed by atoms with van der Waals surface area (Å²) < 4.78 is 19.0. The molecule has 0 aliphatic carbocycles. The fourth-order valence-corrected chi connectivity index (χ4v) is 4.36. The van der Waals surface area contributed by atoms with Crippen LogP contribution in [0.1, 0.15) is 29.0 Å². The van der Waals surface area contributed by atoms with Gasteiger partial charge in [-0.05, 0) is 48.2 Å². The first-order valence-electron chi connectivity index (χ1n) is 9.79. The lowest BCUT2D eigenvalue weighted by atomic mass is 9.95. The largest absolute Gasteiger partial charge is 0.507 e. The summed E-state index contributed by atoms with van der Waals surface area (Å²) in [6.07, 6.45) is 0. The summed E-state index contributed by atoms with van der Waals surface area (Å²) in [7, 11) is 0. The summed E-state index contributed by atoms with van der Waals surface area (Å²) in [5, 5.41) is 13.0. The summed E-state index contributed by atoms with van der Waals surface area (Å²) in [4.78, 5) is 28.3. The zero-order valence-corrected chi connectivity index (χ0v) is 17.6. The Morgan fingerprint density at radius 2 is 1.90 bits per heavy atom. The lowest BCUT2D eigenvalue weighted by molar-refractivity contribution is -0.140. The van der Waals surface area contributed by atoms with E-state index in [4.69, 9.17) is 4.74 Å². The van der Waals surface area contributed by atoms with E-state index in [1.54, 1.807) is 24.3 Å². The normalized spacial score (nSPS) is 17.9. The van der Waals surface area contributed by atoms with Crippen LogP contribution in [-0.2, 0) is 16.1 Å². The summed E-state index contributed by atoms with van der Waals surface area (Å²) in [5.41, 5.74) is 0.883. The lowest BCUT2D eigenvalue weighted by Crippen LogP contribution is -2.28. The number of aliphatic hydroxyl groups excluding tert-OH is 1. The molecule has 4 rings (SSSR count). The molecule has 31 heavy (non-hydrogen) atoms. The highest BCUT2D eigenvalue weighted by Gasteiger charge is 2.46. The first-order chi connectivity index (χ1) is 15.0. The number of Topliss-reactive ketones (excluding diaryl/α,β-unsaturated/α-hetero) is 1. The minimum absolute atomic E-state index is 0.0261. The number of carbonyl (C=O) groups is 2. The van der Waals surface area contributed by atoms with Gasteiger partial charge in [0.05, 0.1) is 24.8 Å². The molecule has 0 saturated carbocycles. The number of nitrogens with zero attached hydrogens (tertiary/aromatic N) is 1. The standard InChI is InChI=1S/C24H20FNO4S/c1-2-30-18-6-3-5-16(13-18)22(27)20-21(15-8-10-17(25)11-9-15)26(24(29)23(20)28)14-19-7-4-12-31-19/h3-13,21,27H,2,14H2,1H3/b22-20-. The summed E-state index contributed by atoms with van der Waals surface area (Å²) in [6, 6.07) is 15.2. The summed E-state index contributed by atoms with van der Waals surface area (Å²) in [5.74, 6) is -1.65. The van der Waals surface area contributed by atoms with Crippen LogP contribution < -0.4 is 4.74 Å². The lowest BCUT2D eigenvalue weighted by Gasteiger charge is -2.25. The molecule has 7 heteroatoms. The molecule has 158 valence electrons. The Kier molecular flexibility index (Phi) is 5.86. The first kappa shape index (κ1) is 20.8. The van der Waals surface area contributed by atoms with E-state index in [-0.39, 0.29) is 17.9 Å². The molecular formula is C24H20FNO4S. The number of thiophene rings is 1. The highest BCUT2D eigenvalue weighted by Crippen LogP contribution is 2.40. The molecule has 1 unspecified atom stereocenters. The second-order valence-electron chi connectivity index (χ2n) is 7.02. The average molecular weight is 437 g/mol. The number of halogens is 1. The zero-order valence-electron chi connectivity index (χ0n) is 16.7. The smallest absolute Gasteiger partial charge is 0.295 e. The Hall–Kier alpha value is -3.45. The third kappa shape index (κ3) is 4.09. The molecule has 0 spiro atoms. The Labute approximate surface area is 183 Å². The van der Waals surface area contributed by atoms with Crippen LogP contribution in [0.25, 0.3) is 5.76 Å². The maximum absolute atomic E-state index is 13.5. The van der Waals surface area contributed by atoms with E-state index in [2.05, 4.69) is 0 Å². The number of ether oxygens (including phenoxy) is 1. The number of hydrogen-bond donors (Lipinski definition) is 1. The number of ketones is 1. The molecule has 1 atom stereocenters. The van der Waals surface area contributed by atoms with Gasteiger partial charge in [0.1, 0.15) is 17.3 Å². The Morgan fingerprint density at radius 1 is 1.13 bits per heavy atom. The number of hydrogen-bond acceptors (Lipinski definition) is 5. The average Bonchev–Trinajstić information content (AvgIpc) is 3.37. The molecule has 0 radical (unpaired) electrons. The van der Waals surface area contributed by atoms with Crippen molar-refractivity contribution in [1.29, 1.82) is 0 Å². The number of likely N-dealkylation sites (tertiary alicyclic amines) is 1. The predicted molar refractivity (Wildman–Crippen MR) is 116 cm³/mol. The molecule has 1 aliphatic heterocycles.